The molecule has 1 N–H and O–H groups in total. The van der Waals surface area contributed by atoms with E-state index in [0.29, 0.717) is 22.5 Å². The predicted octanol–water partition coefficient (Wildman–Crippen LogP) is 4.51. The number of rotatable bonds is 6. The van der Waals surface area contributed by atoms with Crippen LogP contribution in [0, 0.1) is 15.9 Å². The third-order valence-corrected chi connectivity index (χ3v) is 4.32. The molecule has 0 saturated carbocycles. The molecule has 0 fully saturated rings. The fourth-order valence-corrected chi connectivity index (χ4v) is 2.90. The molecular formula is C21H14FN3O6. The molecule has 4 rings (SSSR count). The van der Waals surface area contributed by atoms with Gasteiger partial charge in [0.2, 0.25) is 0 Å². The quantitative estimate of drug-likeness (QED) is 0.277. The standard InChI is InChI=1S/C21H14FN3O6/c1-29-18-10-15(25(27)28)8-13-9-19(31-20(13)18)21(26)24-23-11-16-5-6-17(30-16)12-3-2-4-14(22)7-12/h2-11H,1H3,(H,24,26)/b23-11-. The molecule has 156 valence electrons. The molecule has 0 aliphatic heterocycles. The van der Waals surface area contributed by atoms with Crippen LogP contribution in [0.25, 0.3) is 22.3 Å². The minimum Gasteiger partial charge on any atom is -0.493 e. The number of hydrogen-bond acceptors (Lipinski definition) is 7. The number of nitro benzene ring substituents is 1. The number of nitrogens with one attached hydrogen (secondary N) is 1. The number of hydrogen-bond donors (Lipinski definition) is 1. The molecular weight excluding hydrogens is 409 g/mol. The number of fused-ring (bicyclic) bond motifs is 1. The number of benzene rings is 2. The van der Waals surface area contributed by atoms with Crippen LogP contribution >= 0.6 is 0 Å². The fraction of sp³-hybridized carbons (Fsp3) is 0.0476. The van der Waals surface area contributed by atoms with Gasteiger partial charge in [-0.05, 0) is 30.3 Å². The van der Waals surface area contributed by atoms with Gasteiger partial charge >= 0.3 is 5.91 Å². The SMILES string of the molecule is COc1cc([N+](=O)[O-])cc2cc(C(=O)N/N=C\c3ccc(-c4cccc(F)c4)o3)oc12. The third-order valence-electron chi connectivity index (χ3n) is 4.32. The van der Waals surface area contributed by atoms with Gasteiger partial charge in [0.05, 0.1) is 24.3 Å². The van der Waals surface area contributed by atoms with Gasteiger partial charge in [-0.3, -0.25) is 14.9 Å². The van der Waals surface area contributed by atoms with Crippen molar-refractivity contribution in [3.8, 4) is 17.1 Å². The van der Waals surface area contributed by atoms with Gasteiger partial charge in [0, 0.05) is 17.0 Å². The number of halogens is 1. The van der Waals surface area contributed by atoms with Crippen molar-refractivity contribution < 1.29 is 27.7 Å². The van der Waals surface area contributed by atoms with Crippen molar-refractivity contribution in [3.05, 3.63) is 82.0 Å². The molecule has 2 heterocycles. The van der Waals surface area contributed by atoms with E-state index in [1.54, 1.807) is 24.3 Å². The minimum atomic E-state index is -0.672. The summed E-state index contributed by atoms with van der Waals surface area (Å²) < 4.78 is 29.5. The van der Waals surface area contributed by atoms with Crippen LogP contribution in [0.5, 0.6) is 5.75 Å². The maximum atomic E-state index is 13.3. The van der Waals surface area contributed by atoms with Crippen molar-refractivity contribution in [2.24, 2.45) is 5.10 Å². The van der Waals surface area contributed by atoms with E-state index in [4.69, 9.17) is 13.6 Å². The largest absolute Gasteiger partial charge is 0.493 e. The number of non-ortho nitro benzene ring substituents is 1. The number of nitrogens with zero attached hydrogens (tertiary/aromatic N) is 2. The Kier molecular flexibility index (Phi) is 5.19. The summed E-state index contributed by atoms with van der Waals surface area (Å²) >= 11 is 0. The van der Waals surface area contributed by atoms with Crippen LogP contribution in [0.15, 0.2) is 68.5 Å². The molecule has 0 radical (unpaired) electrons. The highest BCUT2D eigenvalue weighted by molar-refractivity contribution is 5.98. The molecule has 2 aromatic carbocycles. The smallest absolute Gasteiger partial charge is 0.307 e. The zero-order valence-electron chi connectivity index (χ0n) is 16.0. The Morgan fingerprint density at radius 3 is 2.77 bits per heavy atom. The summed E-state index contributed by atoms with van der Waals surface area (Å²) in [5, 5.41) is 15.2. The van der Waals surface area contributed by atoms with Crippen molar-refractivity contribution in [2.45, 2.75) is 0 Å². The van der Waals surface area contributed by atoms with Gasteiger partial charge in [0.15, 0.2) is 17.1 Å². The molecule has 0 unspecified atom stereocenters. The number of nitro groups is 1. The number of carbonyl (C=O) groups is 1. The monoisotopic (exact) mass is 423 g/mol. The van der Waals surface area contributed by atoms with Crippen LogP contribution in [-0.2, 0) is 0 Å². The number of carbonyl (C=O) groups excluding carboxylic acids is 1. The lowest BCUT2D eigenvalue weighted by atomic mass is 10.2. The number of methoxy groups -OCH3 is 1. The Morgan fingerprint density at radius 2 is 2.03 bits per heavy atom. The molecule has 0 aliphatic carbocycles. The Bertz CT molecular complexity index is 1320. The Hall–Kier alpha value is -4.47. The number of hydrazone groups is 1. The Labute approximate surface area is 173 Å². The summed E-state index contributed by atoms with van der Waals surface area (Å²) in [5.74, 6) is -0.254. The van der Waals surface area contributed by atoms with E-state index in [-0.39, 0.29) is 28.6 Å². The summed E-state index contributed by atoms with van der Waals surface area (Å²) in [4.78, 5) is 22.8. The first-order valence-electron chi connectivity index (χ1n) is 8.90. The van der Waals surface area contributed by atoms with Crippen molar-refractivity contribution in [1.29, 1.82) is 0 Å². The van der Waals surface area contributed by atoms with Gasteiger partial charge in [-0.2, -0.15) is 5.10 Å². The van der Waals surface area contributed by atoms with Gasteiger partial charge in [-0.15, -0.1) is 0 Å². The molecule has 0 bridgehead atoms. The fourth-order valence-electron chi connectivity index (χ4n) is 2.90. The maximum absolute atomic E-state index is 13.3. The van der Waals surface area contributed by atoms with Crippen LogP contribution in [0.3, 0.4) is 0 Å². The summed E-state index contributed by atoms with van der Waals surface area (Å²) in [6.45, 7) is 0. The zero-order valence-corrected chi connectivity index (χ0v) is 16.0. The average Bonchev–Trinajstić information content (AvgIpc) is 3.40. The van der Waals surface area contributed by atoms with E-state index < -0.39 is 10.8 Å². The summed E-state index contributed by atoms with van der Waals surface area (Å²) in [5.41, 5.74) is 2.86. The topological polar surface area (TPSA) is 120 Å². The first kappa shape index (κ1) is 19.8. The highest BCUT2D eigenvalue weighted by Crippen LogP contribution is 2.33. The van der Waals surface area contributed by atoms with Crippen molar-refractivity contribution in [3.63, 3.8) is 0 Å². The lowest BCUT2D eigenvalue weighted by Gasteiger charge is -2.00. The van der Waals surface area contributed by atoms with Gasteiger partial charge in [0.25, 0.3) is 5.69 Å². The van der Waals surface area contributed by atoms with Crippen molar-refractivity contribution in [2.75, 3.05) is 7.11 Å². The summed E-state index contributed by atoms with van der Waals surface area (Å²) in [6.07, 6.45) is 1.27. The van der Waals surface area contributed by atoms with Gasteiger partial charge in [0.1, 0.15) is 17.3 Å². The van der Waals surface area contributed by atoms with E-state index >= 15 is 0 Å². The summed E-state index contributed by atoms with van der Waals surface area (Å²) in [6, 6.07) is 13.0. The molecule has 9 nitrogen and oxygen atoms in total. The highest BCUT2D eigenvalue weighted by Gasteiger charge is 2.19. The third kappa shape index (κ3) is 4.13. The number of ether oxygens (including phenoxy) is 1. The molecule has 0 aliphatic rings. The zero-order chi connectivity index (χ0) is 22.0. The molecule has 10 heteroatoms. The first-order chi connectivity index (χ1) is 14.9. The second kappa shape index (κ2) is 8.11. The maximum Gasteiger partial charge on any atom is 0.307 e. The van der Waals surface area contributed by atoms with Gasteiger partial charge in [-0.25, -0.2) is 9.82 Å². The summed E-state index contributed by atoms with van der Waals surface area (Å²) in [7, 11) is 1.34. The second-order valence-electron chi connectivity index (χ2n) is 6.35. The molecule has 0 saturated heterocycles. The highest BCUT2D eigenvalue weighted by atomic mass is 19.1. The predicted molar refractivity (Wildman–Crippen MR) is 109 cm³/mol. The van der Waals surface area contributed by atoms with Crippen LogP contribution in [0.1, 0.15) is 16.3 Å². The molecule has 4 aromatic rings. The van der Waals surface area contributed by atoms with Crippen molar-refractivity contribution in [1.82, 2.24) is 5.43 Å². The number of furan rings is 2. The van der Waals surface area contributed by atoms with Crippen molar-refractivity contribution >= 4 is 28.8 Å². The van der Waals surface area contributed by atoms with E-state index in [9.17, 15) is 19.3 Å². The van der Waals surface area contributed by atoms with Gasteiger partial charge < -0.3 is 13.6 Å². The lowest BCUT2D eigenvalue weighted by Crippen LogP contribution is -2.16. The Morgan fingerprint density at radius 1 is 1.19 bits per heavy atom. The van der Waals surface area contributed by atoms with E-state index in [2.05, 4.69) is 10.5 Å². The lowest BCUT2D eigenvalue weighted by molar-refractivity contribution is -0.384. The first-order valence-corrected chi connectivity index (χ1v) is 8.90. The van der Waals surface area contributed by atoms with Crippen LogP contribution in [0.2, 0.25) is 0 Å². The number of amides is 1. The van der Waals surface area contributed by atoms with E-state index in [0.717, 1.165) is 0 Å². The van der Waals surface area contributed by atoms with E-state index in [1.807, 2.05) is 0 Å². The second-order valence-corrected chi connectivity index (χ2v) is 6.35. The van der Waals surface area contributed by atoms with Gasteiger partial charge in [-0.1, -0.05) is 12.1 Å². The normalized spacial score (nSPS) is 11.2. The molecule has 0 atom stereocenters. The van der Waals surface area contributed by atoms with E-state index in [1.165, 1.54) is 43.7 Å². The van der Waals surface area contributed by atoms with Crippen LogP contribution < -0.4 is 10.2 Å². The van der Waals surface area contributed by atoms with Crippen LogP contribution in [-0.4, -0.2) is 24.2 Å². The Balaban J connectivity index is 1.49. The minimum absolute atomic E-state index is 0.106. The molecule has 1 amide bonds. The molecule has 31 heavy (non-hydrogen) atoms. The average molecular weight is 423 g/mol. The van der Waals surface area contributed by atoms with Crippen LogP contribution in [0.4, 0.5) is 10.1 Å². The molecule has 2 aromatic heterocycles. The molecule has 0 spiro atoms.